The van der Waals surface area contributed by atoms with Crippen molar-refractivity contribution in [1.82, 2.24) is 0 Å². The van der Waals surface area contributed by atoms with Crippen LogP contribution in [0.25, 0.3) is 0 Å². The van der Waals surface area contributed by atoms with Crippen LogP contribution in [0, 0.1) is 0 Å². The number of methoxy groups -OCH3 is 1. The highest BCUT2D eigenvalue weighted by Gasteiger charge is 2.15. The van der Waals surface area contributed by atoms with Gasteiger partial charge in [0.25, 0.3) is 0 Å². The fourth-order valence-electron chi connectivity index (χ4n) is 1.40. The molecule has 0 unspecified atom stereocenters. The summed E-state index contributed by atoms with van der Waals surface area (Å²) in [6.45, 7) is 5.70. The Bertz CT molecular complexity index is 369. The van der Waals surface area contributed by atoms with E-state index in [0.717, 1.165) is 12.0 Å². The van der Waals surface area contributed by atoms with Crippen molar-refractivity contribution >= 4 is 5.97 Å². The molecule has 0 aliphatic carbocycles. The molecule has 0 saturated heterocycles. The van der Waals surface area contributed by atoms with Gasteiger partial charge in [-0.25, -0.2) is 4.79 Å². The van der Waals surface area contributed by atoms with Crippen LogP contribution < -0.4 is 4.74 Å². The molecule has 0 aliphatic heterocycles. The summed E-state index contributed by atoms with van der Waals surface area (Å²) in [7, 11) is 1.56. The third-order valence-electron chi connectivity index (χ3n) is 2.24. The SMILES string of the molecule is CCc1ccc(C(=O)OC(C)C)c(OC)c1. The Morgan fingerprint density at radius 2 is 2.06 bits per heavy atom. The van der Waals surface area contributed by atoms with E-state index in [-0.39, 0.29) is 12.1 Å². The summed E-state index contributed by atoms with van der Waals surface area (Å²) in [6, 6.07) is 5.54. The fraction of sp³-hybridized carbons (Fsp3) is 0.462. The molecular weight excluding hydrogens is 204 g/mol. The van der Waals surface area contributed by atoms with Crippen LogP contribution in [0.4, 0.5) is 0 Å². The minimum absolute atomic E-state index is 0.122. The second kappa shape index (κ2) is 5.54. The van der Waals surface area contributed by atoms with Crippen molar-refractivity contribution in [2.24, 2.45) is 0 Å². The van der Waals surface area contributed by atoms with E-state index >= 15 is 0 Å². The first-order valence-corrected chi connectivity index (χ1v) is 5.46. The number of esters is 1. The van der Waals surface area contributed by atoms with Gasteiger partial charge in [-0.1, -0.05) is 13.0 Å². The number of ether oxygens (including phenoxy) is 2. The van der Waals surface area contributed by atoms with Crippen molar-refractivity contribution in [2.45, 2.75) is 33.3 Å². The number of benzene rings is 1. The smallest absolute Gasteiger partial charge is 0.342 e. The quantitative estimate of drug-likeness (QED) is 0.735. The maximum Gasteiger partial charge on any atom is 0.342 e. The molecule has 3 nitrogen and oxygen atoms in total. The molecule has 0 radical (unpaired) electrons. The first-order valence-electron chi connectivity index (χ1n) is 5.46. The van der Waals surface area contributed by atoms with Gasteiger partial charge < -0.3 is 9.47 Å². The standard InChI is InChI=1S/C13H18O3/c1-5-10-6-7-11(12(8-10)15-4)13(14)16-9(2)3/h6-9H,5H2,1-4H3. The predicted octanol–water partition coefficient (Wildman–Crippen LogP) is 2.82. The third kappa shape index (κ3) is 2.99. The van der Waals surface area contributed by atoms with Gasteiger partial charge in [-0.2, -0.15) is 0 Å². The van der Waals surface area contributed by atoms with Gasteiger partial charge in [0.2, 0.25) is 0 Å². The molecule has 0 heterocycles. The molecule has 0 bridgehead atoms. The van der Waals surface area contributed by atoms with Crippen LogP contribution in [0.2, 0.25) is 0 Å². The molecule has 1 rings (SSSR count). The van der Waals surface area contributed by atoms with Crippen LogP contribution in [0.3, 0.4) is 0 Å². The van der Waals surface area contributed by atoms with E-state index in [1.807, 2.05) is 26.0 Å². The molecule has 0 saturated carbocycles. The van der Waals surface area contributed by atoms with E-state index in [1.165, 1.54) is 0 Å². The van der Waals surface area contributed by atoms with Gasteiger partial charge >= 0.3 is 5.97 Å². The first-order chi connectivity index (χ1) is 7.58. The molecular formula is C13H18O3. The lowest BCUT2D eigenvalue weighted by Crippen LogP contribution is -2.12. The summed E-state index contributed by atoms with van der Waals surface area (Å²) in [5, 5.41) is 0. The normalized spacial score (nSPS) is 10.3. The lowest BCUT2D eigenvalue weighted by atomic mass is 10.1. The number of aryl methyl sites for hydroxylation is 1. The van der Waals surface area contributed by atoms with Gasteiger partial charge in [0, 0.05) is 0 Å². The van der Waals surface area contributed by atoms with Gasteiger partial charge in [-0.05, 0) is 38.0 Å². The Labute approximate surface area is 96.4 Å². The van der Waals surface area contributed by atoms with E-state index in [2.05, 4.69) is 6.92 Å². The maximum atomic E-state index is 11.7. The van der Waals surface area contributed by atoms with Gasteiger partial charge in [0.1, 0.15) is 11.3 Å². The number of hydrogen-bond donors (Lipinski definition) is 0. The van der Waals surface area contributed by atoms with Crippen LogP contribution in [0.15, 0.2) is 18.2 Å². The number of rotatable bonds is 4. The fourth-order valence-corrected chi connectivity index (χ4v) is 1.40. The van der Waals surface area contributed by atoms with Crippen LogP contribution >= 0.6 is 0 Å². The molecule has 3 heteroatoms. The van der Waals surface area contributed by atoms with Crippen molar-refractivity contribution in [1.29, 1.82) is 0 Å². The molecule has 0 aromatic heterocycles. The molecule has 0 spiro atoms. The van der Waals surface area contributed by atoms with Crippen LogP contribution in [0.5, 0.6) is 5.75 Å². The Morgan fingerprint density at radius 3 is 2.56 bits per heavy atom. The molecule has 0 N–H and O–H groups in total. The second-order valence-corrected chi connectivity index (χ2v) is 3.84. The van der Waals surface area contributed by atoms with E-state index in [4.69, 9.17) is 9.47 Å². The Morgan fingerprint density at radius 1 is 1.38 bits per heavy atom. The second-order valence-electron chi connectivity index (χ2n) is 3.84. The Balaban J connectivity index is 2.99. The Hall–Kier alpha value is -1.51. The largest absolute Gasteiger partial charge is 0.496 e. The van der Waals surface area contributed by atoms with Crippen molar-refractivity contribution in [3.63, 3.8) is 0 Å². The van der Waals surface area contributed by atoms with Crippen molar-refractivity contribution in [2.75, 3.05) is 7.11 Å². The molecule has 0 fully saturated rings. The van der Waals surface area contributed by atoms with Gasteiger partial charge in [0.15, 0.2) is 0 Å². The third-order valence-corrected chi connectivity index (χ3v) is 2.24. The maximum absolute atomic E-state index is 11.7. The van der Waals surface area contributed by atoms with E-state index < -0.39 is 0 Å². The van der Waals surface area contributed by atoms with Crippen LogP contribution in [0.1, 0.15) is 36.7 Å². The average molecular weight is 222 g/mol. The van der Waals surface area contributed by atoms with Gasteiger partial charge in [0.05, 0.1) is 13.2 Å². The molecule has 0 amide bonds. The van der Waals surface area contributed by atoms with E-state index in [1.54, 1.807) is 13.2 Å². The van der Waals surface area contributed by atoms with Crippen molar-refractivity contribution in [3.8, 4) is 5.75 Å². The zero-order valence-corrected chi connectivity index (χ0v) is 10.2. The number of carbonyl (C=O) groups is 1. The lowest BCUT2D eigenvalue weighted by Gasteiger charge is -2.11. The highest BCUT2D eigenvalue weighted by atomic mass is 16.5. The topological polar surface area (TPSA) is 35.5 Å². The summed E-state index contributed by atoms with van der Waals surface area (Å²) in [6.07, 6.45) is 0.790. The summed E-state index contributed by atoms with van der Waals surface area (Å²) >= 11 is 0. The molecule has 1 aromatic carbocycles. The minimum Gasteiger partial charge on any atom is -0.496 e. The molecule has 16 heavy (non-hydrogen) atoms. The van der Waals surface area contributed by atoms with Crippen molar-refractivity contribution in [3.05, 3.63) is 29.3 Å². The summed E-state index contributed by atoms with van der Waals surface area (Å²) in [5.74, 6) is 0.236. The van der Waals surface area contributed by atoms with Gasteiger partial charge in [-0.15, -0.1) is 0 Å². The number of hydrogen-bond acceptors (Lipinski definition) is 3. The highest BCUT2D eigenvalue weighted by molar-refractivity contribution is 5.92. The molecule has 1 aromatic rings. The highest BCUT2D eigenvalue weighted by Crippen LogP contribution is 2.21. The minimum atomic E-state index is -0.338. The average Bonchev–Trinajstić information content (AvgIpc) is 2.27. The lowest BCUT2D eigenvalue weighted by molar-refractivity contribution is 0.0374. The first kappa shape index (κ1) is 12.6. The molecule has 88 valence electrons. The number of carbonyl (C=O) groups excluding carboxylic acids is 1. The molecule has 0 atom stereocenters. The van der Waals surface area contributed by atoms with Crippen molar-refractivity contribution < 1.29 is 14.3 Å². The van der Waals surface area contributed by atoms with E-state index in [0.29, 0.717) is 11.3 Å². The predicted molar refractivity (Wildman–Crippen MR) is 62.9 cm³/mol. The monoisotopic (exact) mass is 222 g/mol. The Kier molecular flexibility index (Phi) is 4.35. The van der Waals surface area contributed by atoms with Gasteiger partial charge in [-0.3, -0.25) is 0 Å². The van der Waals surface area contributed by atoms with Crippen LogP contribution in [-0.4, -0.2) is 19.2 Å². The summed E-state index contributed by atoms with van der Waals surface area (Å²) < 4.78 is 10.3. The molecule has 0 aliphatic rings. The zero-order chi connectivity index (χ0) is 12.1. The zero-order valence-electron chi connectivity index (χ0n) is 10.2. The summed E-state index contributed by atoms with van der Waals surface area (Å²) in [4.78, 5) is 11.7. The summed E-state index contributed by atoms with van der Waals surface area (Å²) in [5.41, 5.74) is 1.62. The van der Waals surface area contributed by atoms with E-state index in [9.17, 15) is 4.79 Å². The van der Waals surface area contributed by atoms with Crippen LogP contribution in [-0.2, 0) is 11.2 Å².